The van der Waals surface area contributed by atoms with Crippen LogP contribution in [-0.2, 0) is 0 Å². The van der Waals surface area contributed by atoms with Crippen molar-refractivity contribution in [2.24, 2.45) is 0 Å². The van der Waals surface area contributed by atoms with Crippen molar-refractivity contribution in [3.8, 4) is 0 Å². The molecule has 5 aromatic carbocycles. The monoisotopic (exact) mass is 573 g/mol. The highest BCUT2D eigenvalue weighted by molar-refractivity contribution is 6.32. The van der Waals surface area contributed by atoms with Gasteiger partial charge in [0.15, 0.2) is 0 Å². The van der Waals surface area contributed by atoms with Crippen LogP contribution in [0.1, 0.15) is 18.5 Å². The molecule has 3 heteroatoms. The summed E-state index contributed by atoms with van der Waals surface area (Å²) in [6.07, 6.45) is 12.8. The van der Waals surface area contributed by atoms with E-state index < -0.39 is 0 Å². The molecule has 3 heterocycles. The van der Waals surface area contributed by atoms with E-state index in [1.807, 2.05) is 12.3 Å². The van der Waals surface area contributed by atoms with Crippen molar-refractivity contribution < 1.29 is 0 Å². The van der Waals surface area contributed by atoms with Crippen LogP contribution in [0.25, 0.3) is 76.4 Å². The first-order valence-electron chi connectivity index (χ1n) is 15.6. The largest absolute Gasteiger partial charge is 0.312 e. The molecule has 0 unspecified atom stereocenters. The Morgan fingerprint density at radius 2 is 1.13 bits per heavy atom. The molecule has 0 saturated carbocycles. The second kappa shape index (κ2) is 9.35. The number of nitrogens with zero attached hydrogens (tertiary/aromatic N) is 3. The maximum Gasteiger partial charge on any atom is 0.0971 e. The van der Waals surface area contributed by atoms with E-state index in [0.717, 1.165) is 40.3 Å². The fraction of sp³-hybridized carbons (Fsp3) is 0.0476. The smallest absolute Gasteiger partial charge is 0.0971 e. The van der Waals surface area contributed by atoms with Crippen molar-refractivity contribution in [3.05, 3.63) is 157 Å². The lowest BCUT2D eigenvalue weighted by Crippen LogP contribution is -1.98. The lowest BCUT2D eigenvalue weighted by atomic mass is 9.97. The molecule has 210 valence electrons. The molecule has 2 aliphatic carbocycles. The van der Waals surface area contributed by atoms with E-state index in [1.165, 1.54) is 65.8 Å². The van der Waals surface area contributed by atoms with Gasteiger partial charge in [-0.3, -0.25) is 4.98 Å². The van der Waals surface area contributed by atoms with Crippen LogP contribution in [0.2, 0.25) is 0 Å². The molecule has 0 amide bonds. The molecule has 8 aromatic rings. The van der Waals surface area contributed by atoms with E-state index in [1.54, 1.807) is 0 Å². The first-order valence-corrected chi connectivity index (χ1v) is 15.6. The Morgan fingerprint density at radius 1 is 0.489 bits per heavy atom. The van der Waals surface area contributed by atoms with Gasteiger partial charge in [-0.2, -0.15) is 0 Å². The summed E-state index contributed by atoms with van der Waals surface area (Å²) in [6.45, 7) is 0. The maximum atomic E-state index is 5.12. The van der Waals surface area contributed by atoms with Crippen molar-refractivity contribution in [1.29, 1.82) is 0 Å². The van der Waals surface area contributed by atoms with Gasteiger partial charge in [-0.1, -0.05) is 109 Å². The van der Waals surface area contributed by atoms with Gasteiger partial charge in [0.05, 0.1) is 27.8 Å². The number of fused-ring (bicyclic) bond motifs is 11. The fourth-order valence-electron chi connectivity index (χ4n) is 7.63. The third-order valence-corrected chi connectivity index (χ3v) is 9.72. The molecule has 3 nitrogen and oxygen atoms in total. The van der Waals surface area contributed by atoms with Gasteiger partial charge in [-0.15, -0.1) is 0 Å². The topological polar surface area (TPSA) is 30.7 Å². The number of allylic oxidation sites excluding steroid dienone is 8. The molecule has 0 N–H and O–H groups in total. The van der Waals surface area contributed by atoms with Gasteiger partial charge in [0.1, 0.15) is 0 Å². The molecule has 0 fully saturated rings. The predicted molar refractivity (Wildman–Crippen MR) is 189 cm³/mol. The van der Waals surface area contributed by atoms with Crippen LogP contribution in [0, 0.1) is 0 Å². The molecule has 3 aromatic heterocycles. The van der Waals surface area contributed by atoms with Crippen molar-refractivity contribution in [2.75, 3.05) is 0 Å². The Balaban J connectivity index is 1.03. The maximum absolute atomic E-state index is 5.12. The summed E-state index contributed by atoms with van der Waals surface area (Å²) < 4.78 is 2.52. The van der Waals surface area contributed by atoms with Crippen LogP contribution in [0.3, 0.4) is 0 Å². The van der Waals surface area contributed by atoms with Crippen molar-refractivity contribution >= 4 is 76.4 Å². The van der Waals surface area contributed by atoms with Crippen LogP contribution in [-0.4, -0.2) is 14.5 Å². The van der Waals surface area contributed by atoms with Gasteiger partial charge in [0.25, 0.3) is 0 Å². The molecule has 0 spiro atoms. The molecular weight excluding hydrogens is 546 g/mol. The third-order valence-electron chi connectivity index (χ3n) is 9.72. The van der Waals surface area contributed by atoms with Gasteiger partial charge in [0, 0.05) is 45.2 Å². The molecule has 0 atom stereocenters. The average Bonchev–Trinajstić information content (AvgIpc) is 3.86. The number of pyridine rings is 2. The minimum atomic E-state index is 0.879. The number of aromatic nitrogens is 3. The summed E-state index contributed by atoms with van der Waals surface area (Å²) in [5, 5.41) is 10.1. The summed E-state index contributed by atoms with van der Waals surface area (Å²) in [6, 6.07) is 39.3. The Kier molecular flexibility index (Phi) is 5.11. The molecular formula is C42H27N3. The molecule has 0 radical (unpaired) electrons. The molecule has 45 heavy (non-hydrogen) atoms. The number of rotatable bonds is 3. The second-order valence-corrected chi connectivity index (χ2v) is 12.2. The van der Waals surface area contributed by atoms with Crippen LogP contribution < -0.4 is 0 Å². The Morgan fingerprint density at radius 3 is 2.00 bits per heavy atom. The summed E-state index contributed by atoms with van der Waals surface area (Å²) in [5.41, 5.74) is 10.8. The average molecular weight is 574 g/mol. The Labute approximate surface area is 259 Å². The Hall–Kier alpha value is -5.80. The fourth-order valence-corrected chi connectivity index (χ4v) is 7.63. The van der Waals surface area contributed by atoms with Gasteiger partial charge in [0.2, 0.25) is 0 Å². The van der Waals surface area contributed by atoms with Gasteiger partial charge in [-0.05, 0) is 63.6 Å². The summed E-state index contributed by atoms with van der Waals surface area (Å²) in [5.74, 6) is 0. The number of para-hydroxylation sites is 1. The molecule has 10 rings (SSSR count). The molecule has 0 aliphatic heterocycles. The normalized spacial score (nSPS) is 15.0. The van der Waals surface area contributed by atoms with E-state index in [2.05, 4.69) is 137 Å². The molecule has 2 aliphatic rings. The first-order chi connectivity index (χ1) is 22.3. The van der Waals surface area contributed by atoms with Crippen molar-refractivity contribution in [3.63, 3.8) is 0 Å². The van der Waals surface area contributed by atoms with Gasteiger partial charge in [-0.25, -0.2) is 4.98 Å². The quantitative estimate of drug-likeness (QED) is 0.197. The van der Waals surface area contributed by atoms with E-state index in [-0.39, 0.29) is 0 Å². The minimum Gasteiger partial charge on any atom is -0.312 e. The highest BCUT2D eigenvalue weighted by Crippen LogP contribution is 2.45. The summed E-state index contributed by atoms with van der Waals surface area (Å²) in [4.78, 5) is 9.78. The van der Waals surface area contributed by atoms with E-state index in [0.29, 0.717) is 0 Å². The number of hydrogen-bond donors (Lipinski definition) is 0. The van der Waals surface area contributed by atoms with Gasteiger partial charge < -0.3 is 4.57 Å². The standard InChI is InChI=1S/C42H27N3/c1-3-11-34-32(9-1)33-10-2-4-12-35(33)42-39(34)36-13-5-6-14-38(36)45(42)31-21-19-29(25-31)28-17-18-30(24-28)37-22-20-27-16-15-26-8-7-23-43-40(26)41(27)44-37/h1-23H,24-25H2. The highest BCUT2D eigenvalue weighted by Gasteiger charge is 2.24. The zero-order valence-electron chi connectivity index (χ0n) is 24.5. The van der Waals surface area contributed by atoms with E-state index in [9.17, 15) is 0 Å². The minimum absolute atomic E-state index is 0.879. The number of benzene rings is 5. The lowest BCUT2D eigenvalue weighted by Gasteiger charge is -2.14. The van der Waals surface area contributed by atoms with Crippen LogP contribution in [0.15, 0.2) is 151 Å². The summed E-state index contributed by atoms with van der Waals surface area (Å²) in [7, 11) is 0. The zero-order chi connectivity index (χ0) is 29.5. The van der Waals surface area contributed by atoms with Crippen molar-refractivity contribution in [2.45, 2.75) is 12.8 Å². The van der Waals surface area contributed by atoms with Crippen LogP contribution >= 0.6 is 0 Å². The highest BCUT2D eigenvalue weighted by atomic mass is 15.0. The van der Waals surface area contributed by atoms with Gasteiger partial charge >= 0.3 is 0 Å². The zero-order valence-corrected chi connectivity index (χ0v) is 24.5. The van der Waals surface area contributed by atoms with Crippen LogP contribution in [0.5, 0.6) is 0 Å². The molecule has 0 saturated heterocycles. The van der Waals surface area contributed by atoms with Crippen molar-refractivity contribution in [1.82, 2.24) is 14.5 Å². The third kappa shape index (κ3) is 3.58. The summed E-state index contributed by atoms with van der Waals surface area (Å²) >= 11 is 0. The van der Waals surface area contributed by atoms with Crippen LogP contribution in [0.4, 0.5) is 0 Å². The predicted octanol–water partition coefficient (Wildman–Crippen LogP) is 10.8. The lowest BCUT2D eigenvalue weighted by molar-refractivity contribution is 1.10. The number of hydrogen-bond acceptors (Lipinski definition) is 2. The molecule has 0 bridgehead atoms. The Bertz CT molecular complexity index is 2700. The SMILES string of the molecule is C1=C(C2=CC=C(n3c4ccccc4c4c5ccccc5c5ccccc5c43)C2)CC(c2ccc3ccc4cccnc4c3n2)=C1. The first kappa shape index (κ1) is 24.6. The van der Waals surface area contributed by atoms with E-state index >= 15 is 0 Å². The second-order valence-electron chi connectivity index (χ2n) is 12.2. The van der Waals surface area contributed by atoms with E-state index in [4.69, 9.17) is 4.98 Å².